The van der Waals surface area contributed by atoms with Gasteiger partial charge in [-0.15, -0.1) is 0 Å². The summed E-state index contributed by atoms with van der Waals surface area (Å²) in [6.07, 6.45) is 1.21. The number of hydrogen-bond acceptors (Lipinski definition) is 5. The predicted molar refractivity (Wildman–Crippen MR) is 132 cm³/mol. The van der Waals surface area contributed by atoms with Gasteiger partial charge in [-0.1, -0.05) is 23.7 Å². The highest BCUT2D eigenvalue weighted by Gasteiger charge is 2.58. The monoisotopic (exact) mass is 528 g/mol. The average molecular weight is 529 g/mol. The summed E-state index contributed by atoms with van der Waals surface area (Å²) in [4.78, 5) is 54.0. The Bertz CT molecular complexity index is 1320. The average Bonchev–Trinajstić information content (AvgIpc) is 3.51. The van der Waals surface area contributed by atoms with Crippen LogP contribution in [0.4, 0.5) is 19.7 Å². The van der Waals surface area contributed by atoms with Crippen LogP contribution in [0.2, 0.25) is 5.02 Å². The third kappa shape index (κ3) is 4.19. The van der Waals surface area contributed by atoms with Crippen molar-refractivity contribution >= 4 is 41.2 Å². The van der Waals surface area contributed by atoms with Gasteiger partial charge in [0.1, 0.15) is 12.4 Å². The number of aryl methyl sites for hydroxylation is 1. The van der Waals surface area contributed by atoms with Gasteiger partial charge < -0.3 is 20.3 Å². The van der Waals surface area contributed by atoms with Crippen LogP contribution in [0.1, 0.15) is 48.9 Å². The molecule has 0 radical (unpaired) electrons. The Kier molecular flexibility index (Phi) is 6.31. The molecule has 2 saturated heterocycles. The lowest BCUT2D eigenvalue weighted by molar-refractivity contribution is -0.143. The molecule has 0 saturated carbocycles. The van der Waals surface area contributed by atoms with E-state index in [0.29, 0.717) is 36.1 Å². The van der Waals surface area contributed by atoms with Crippen LogP contribution in [0.3, 0.4) is 0 Å². The lowest BCUT2D eigenvalue weighted by Crippen LogP contribution is -2.46. The Morgan fingerprint density at radius 2 is 1.97 bits per heavy atom. The van der Waals surface area contributed by atoms with Crippen molar-refractivity contribution in [3.05, 3.63) is 63.9 Å². The highest BCUT2D eigenvalue weighted by atomic mass is 35.5. The fourth-order valence-electron chi connectivity index (χ4n) is 5.59. The Balaban J connectivity index is 1.36. The Morgan fingerprint density at radius 1 is 1.19 bits per heavy atom. The third-order valence-electron chi connectivity index (χ3n) is 7.42. The quantitative estimate of drug-likeness (QED) is 0.621. The molecule has 37 heavy (non-hydrogen) atoms. The van der Waals surface area contributed by atoms with Crippen LogP contribution in [0.5, 0.6) is 0 Å². The van der Waals surface area contributed by atoms with Gasteiger partial charge in [-0.3, -0.25) is 9.59 Å². The van der Waals surface area contributed by atoms with E-state index in [0.717, 1.165) is 10.5 Å². The summed E-state index contributed by atoms with van der Waals surface area (Å²) in [6, 6.07) is 8.56. The zero-order chi connectivity index (χ0) is 26.5. The van der Waals surface area contributed by atoms with Gasteiger partial charge in [-0.2, -0.15) is 0 Å². The first kappa shape index (κ1) is 25.0. The van der Waals surface area contributed by atoms with Crippen LogP contribution in [0, 0.1) is 5.82 Å². The Hall–Kier alpha value is -3.66. The third-order valence-corrected chi connectivity index (χ3v) is 7.71. The number of imide groups is 1. The van der Waals surface area contributed by atoms with Crippen molar-refractivity contribution < 1.29 is 28.3 Å². The van der Waals surface area contributed by atoms with Gasteiger partial charge in [0.2, 0.25) is 11.5 Å². The SMILES string of the molecule is CNC(=O)Nc1ccc2c(c1)CCC21OC(=O)N(CC(=O)N2[C@@H](C)CC[C@H]2c2ccc(F)c(Cl)c2)C1=O. The van der Waals surface area contributed by atoms with Crippen molar-refractivity contribution in [2.75, 3.05) is 18.9 Å². The van der Waals surface area contributed by atoms with E-state index in [-0.39, 0.29) is 29.6 Å². The number of rotatable bonds is 4. The molecule has 2 aromatic rings. The van der Waals surface area contributed by atoms with Crippen molar-refractivity contribution in [2.45, 2.75) is 50.3 Å². The number of halogens is 2. The van der Waals surface area contributed by atoms with Crippen LogP contribution in [0.25, 0.3) is 0 Å². The van der Waals surface area contributed by atoms with Gasteiger partial charge in [0, 0.05) is 30.8 Å². The minimum absolute atomic E-state index is 0.0294. The molecule has 2 heterocycles. The van der Waals surface area contributed by atoms with Gasteiger partial charge in [0.25, 0.3) is 5.91 Å². The summed E-state index contributed by atoms with van der Waals surface area (Å²) >= 11 is 5.97. The molecule has 3 atom stereocenters. The highest BCUT2D eigenvalue weighted by Crippen LogP contribution is 2.46. The molecule has 2 fully saturated rings. The van der Waals surface area contributed by atoms with E-state index in [1.165, 1.54) is 19.2 Å². The molecule has 5 rings (SSSR count). The van der Waals surface area contributed by atoms with Crippen molar-refractivity contribution in [1.82, 2.24) is 15.1 Å². The van der Waals surface area contributed by atoms with Crippen LogP contribution in [-0.2, 0) is 26.3 Å². The fraction of sp³-hybridized carbons (Fsp3) is 0.385. The number of nitrogens with one attached hydrogen (secondary N) is 2. The highest BCUT2D eigenvalue weighted by molar-refractivity contribution is 6.30. The van der Waals surface area contributed by atoms with E-state index in [1.54, 1.807) is 29.2 Å². The number of ether oxygens (including phenoxy) is 1. The van der Waals surface area contributed by atoms with E-state index < -0.39 is 35.9 Å². The van der Waals surface area contributed by atoms with Gasteiger partial charge >= 0.3 is 12.1 Å². The Labute approximate surface area is 217 Å². The second-order valence-corrected chi connectivity index (χ2v) is 9.99. The van der Waals surface area contributed by atoms with E-state index in [1.807, 2.05) is 6.92 Å². The second-order valence-electron chi connectivity index (χ2n) is 9.58. The van der Waals surface area contributed by atoms with Crippen LogP contribution >= 0.6 is 11.6 Å². The zero-order valence-corrected chi connectivity index (χ0v) is 21.1. The summed E-state index contributed by atoms with van der Waals surface area (Å²) in [6.45, 7) is 1.44. The van der Waals surface area contributed by atoms with E-state index >= 15 is 0 Å². The zero-order valence-electron chi connectivity index (χ0n) is 20.3. The van der Waals surface area contributed by atoms with Crippen LogP contribution < -0.4 is 10.6 Å². The van der Waals surface area contributed by atoms with Crippen molar-refractivity contribution in [3.63, 3.8) is 0 Å². The minimum Gasteiger partial charge on any atom is -0.427 e. The topological polar surface area (TPSA) is 108 Å². The molecule has 2 N–H and O–H groups in total. The summed E-state index contributed by atoms with van der Waals surface area (Å²) in [7, 11) is 1.50. The van der Waals surface area contributed by atoms with Gasteiger partial charge in [-0.25, -0.2) is 18.9 Å². The maximum Gasteiger partial charge on any atom is 0.418 e. The van der Waals surface area contributed by atoms with Crippen molar-refractivity contribution in [2.24, 2.45) is 0 Å². The number of benzene rings is 2. The molecule has 1 spiro atoms. The fourth-order valence-corrected chi connectivity index (χ4v) is 5.78. The maximum absolute atomic E-state index is 13.7. The largest absolute Gasteiger partial charge is 0.427 e. The van der Waals surface area contributed by atoms with Gasteiger partial charge in [-0.05, 0) is 61.6 Å². The number of likely N-dealkylation sites (tertiary alicyclic amines) is 1. The number of carbonyl (C=O) groups is 4. The van der Waals surface area contributed by atoms with Gasteiger partial charge in [0.05, 0.1) is 11.1 Å². The number of carbonyl (C=O) groups excluding carboxylic acids is 4. The Morgan fingerprint density at radius 3 is 2.70 bits per heavy atom. The predicted octanol–water partition coefficient (Wildman–Crippen LogP) is 4.10. The molecule has 2 aromatic carbocycles. The minimum atomic E-state index is -1.49. The van der Waals surface area contributed by atoms with Crippen molar-refractivity contribution in [1.29, 1.82) is 0 Å². The molecule has 5 amide bonds. The lowest BCUT2D eigenvalue weighted by atomic mass is 9.94. The number of anilines is 1. The summed E-state index contributed by atoms with van der Waals surface area (Å²) in [5, 5.41) is 5.12. The summed E-state index contributed by atoms with van der Waals surface area (Å²) < 4.78 is 19.3. The first-order chi connectivity index (χ1) is 17.6. The molecular formula is C26H26ClFN4O5. The molecule has 194 valence electrons. The van der Waals surface area contributed by atoms with Crippen LogP contribution in [0.15, 0.2) is 36.4 Å². The van der Waals surface area contributed by atoms with E-state index in [4.69, 9.17) is 16.3 Å². The molecule has 9 nitrogen and oxygen atoms in total. The molecule has 2 aliphatic heterocycles. The number of amides is 5. The summed E-state index contributed by atoms with van der Waals surface area (Å²) in [5.41, 5.74) is 1.09. The number of hydrogen-bond donors (Lipinski definition) is 2. The maximum atomic E-state index is 13.7. The van der Waals surface area contributed by atoms with Crippen molar-refractivity contribution in [3.8, 4) is 0 Å². The van der Waals surface area contributed by atoms with E-state index in [9.17, 15) is 23.6 Å². The normalized spacial score (nSPS) is 24.4. The summed E-state index contributed by atoms with van der Waals surface area (Å²) in [5.74, 6) is -1.52. The number of urea groups is 1. The number of fused-ring (bicyclic) bond motifs is 2. The lowest BCUT2D eigenvalue weighted by Gasteiger charge is -2.30. The second kappa shape index (κ2) is 9.33. The smallest absolute Gasteiger partial charge is 0.418 e. The molecular weight excluding hydrogens is 503 g/mol. The molecule has 11 heteroatoms. The molecule has 1 unspecified atom stereocenters. The standard InChI is InChI=1S/C26H26ClFN4O5/c1-14-3-8-21(16-4-7-20(28)19(27)12-16)32(14)22(33)13-31-23(34)26(37-25(31)36)10-9-15-11-17(5-6-18(15)26)30-24(35)29-2/h4-7,11-12,14,21H,3,8-10,13H2,1-2H3,(H2,29,30,35)/t14-,21-,26?/m0/s1. The molecule has 1 aliphatic carbocycles. The number of nitrogens with zero attached hydrogens (tertiary/aromatic N) is 2. The first-order valence-corrected chi connectivity index (χ1v) is 12.5. The first-order valence-electron chi connectivity index (χ1n) is 12.1. The van der Waals surface area contributed by atoms with Crippen LogP contribution in [-0.4, -0.2) is 53.4 Å². The van der Waals surface area contributed by atoms with E-state index in [2.05, 4.69) is 10.6 Å². The molecule has 3 aliphatic rings. The van der Waals surface area contributed by atoms with Gasteiger partial charge in [0.15, 0.2) is 0 Å². The molecule has 0 aromatic heterocycles. The molecule has 0 bridgehead atoms.